The molecule has 1 aromatic rings. The Kier molecular flexibility index (Phi) is 2.99. The Morgan fingerprint density at radius 3 is 2.73 bits per heavy atom. The molecule has 0 bridgehead atoms. The van der Waals surface area contributed by atoms with Crippen LogP contribution in [-0.4, -0.2) is 17.8 Å². The van der Waals surface area contributed by atoms with Crippen LogP contribution in [0.2, 0.25) is 0 Å². The van der Waals surface area contributed by atoms with Crippen LogP contribution >= 0.6 is 0 Å². The van der Waals surface area contributed by atoms with Crippen LogP contribution in [0, 0.1) is 0 Å². The van der Waals surface area contributed by atoms with Gasteiger partial charge >= 0.3 is 0 Å². The molecule has 0 amide bonds. The predicted octanol–water partition coefficient (Wildman–Crippen LogP) is 2.35. The molecule has 1 aliphatic rings. The van der Waals surface area contributed by atoms with Gasteiger partial charge in [0.2, 0.25) is 0 Å². The lowest BCUT2D eigenvalue weighted by molar-refractivity contribution is -0.120. The number of ketones is 1. The second-order valence-electron chi connectivity index (χ2n) is 4.01. The van der Waals surface area contributed by atoms with E-state index in [-0.39, 0.29) is 0 Å². The first-order valence-electron chi connectivity index (χ1n) is 5.46. The summed E-state index contributed by atoms with van der Waals surface area (Å²) in [6.07, 6.45) is 3.35. The molecule has 1 aliphatic carbocycles. The van der Waals surface area contributed by atoms with Crippen molar-refractivity contribution in [3.8, 4) is 0 Å². The Morgan fingerprint density at radius 2 is 2.07 bits per heavy atom. The molecule has 1 N–H and O–H groups in total. The van der Waals surface area contributed by atoms with E-state index in [2.05, 4.69) is 16.4 Å². The number of carbonyl (C=O) groups is 1. The number of aromatic nitrogens is 1. The highest BCUT2D eigenvalue weighted by atomic mass is 16.1. The van der Waals surface area contributed by atoms with Crippen LogP contribution in [-0.2, 0) is 4.79 Å². The first kappa shape index (κ1) is 10.1. The molecule has 3 nitrogen and oxygen atoms in total. The fourth-order valence-corrected chi connectivity index (χ4v) is 2.05. The molecular formula is C12H16N2O. The first-order chi connectivity index (χ1) is 7.29. The van der Waals surface area contributed by atoms with Crippen LogP contribution < -0.4 is 5.32 Å². The molecular weight excluding hydrogens is 188 g/mol. The smallest absolute Gasteiger partial charge is 0.132 e. The lowest BCUT2D eigenvalue weighted by Crippen LogP contribution is -2.13. The number of hydrogen-bond donors (Lipinski definition) is 1. The summed E-state index contributed by atoms with van der Waals surface area (Å²) in [7, 11) is 1.87. The molecule has 1 fully saturated rings. The summed E-state index contributed by atoms with van der Waals surface area (Å²) < 4.78 is 0. The van der Waals surface area contributed by atoms with Crippen LogP contribution in [0.3, 0.4) is 0 Å². The van der Waals surface area contributed by atoms with E-state index in [1.807, 2.05) is 19.2 Å². The van der Waals surface area contributed by atoms with Crippen LogP contribution in [0.25, 0.3) is 0 Å². The number of pyridine rings is 1. The Balaban J connectivity index is 2.11. The minimum Gasteiger partial charge on any atom is -0.373 e. The highest BCUT2D eigenvalue weighted by Crippen LogP contribution is 2.30. The highest BCUT2D eigenvalue weighted by Gasteiger charge is 2.21. The topological polar surface area (TPSA) is 42.0 Å². The summed E-state index contributed by atoms with van der Waals surface area (Å²) in [6, 6.07) is 6.03. The normalized spacial score (nSPS) is 17.8. The first-order valence-corrected chi connectivity index (χ1v) is 5.46. The number of nitrogens with zero attached hydrogens (tertiary/aromatic N) is 1. The maximum Gasteiger partial charge on any atom is 0.132 e. The highest BCUT2D eigenvalue weighted by molar-refractivity contribution is 5.79. The van der Waals surface area contributed by atoms with Gasteiger partial charge in [-0.2, -0.15) is 0 Å². The molecule has 0 spiro atoms. The van der Waals surface area contributed by atoms with Crippen molar-refractivity contribution >= 4 is 11.6 Å². The molecule has 1 heterocycles. The molecule has 0 aromatic carbocycles. The van der Waals surface area contributed by atoms with Crippen molar-refractivity contribution in [3.05, 3.63) is 23.9 Å². The summed E-state index contributed by atoms with van der Waals surface area (Å²) >= 11 is 0. The van der Waals surface area contributed by atoms with E-state index in [9.17, 15) is 4.79 Å². The van der Waals surface area contributed by atoms with Gasteiger partial charge < -0.3 is 5.32 Å². The molecule has 0 aliphatic heterocycles. The third-order valence-electron chi connectivity index (χ3n) is 2.99. The molecule has 0 saturated heterocycles. The second kappa shape index (κ2) is 4.43. The van der Waals surface area contributed by atoms with Gasteiger partial charge in [0, 0.05) is 31.5 Å². The van der Waals surface area contributed by atoms with Crippen molar-refractivity contribution in [1.29, 1.82) is 0 Å². The lowest BCUT2D eigenvalue weighted by atomic mass is 9.86. The van der Waals surface area contributed by atoms with Crippen LogP contribution in [0.1, 0.15) is 37.3 Å². The van der Waals surface area contributed by atoms with Crippen molar-refractivity contribution < 1.29 is 4.79 Å². The monoisotopic (exact) mass is 204 g/mol. The van der Waals surface area contributed by atoms with E-state index in [0.29, 0.717) is 11.7 Å². The summed E-state index contributed by atoms with van der Waals surface area (Å²) in [6.45, 7) is 0. The van der Waals surface area contributed by atoms with Gasteiger partial charge in [0.25, 0.3) is 0 Å². The number of nitrogens with one attached hydrogen (secondary N) is 1. The summed E-state index contributed by atoms with van der Waals surface area (Å²) in [5.41, 5.74) is 1.12. The average molecular weight is 204 g/mol. The minimum absolute atomic E-state index is 0.399. The Bertz CT molecular complexity index is 352. The van der Waals surface area contributed by atoms with Gasteiger partial charge in [0.15, 0.2) is 0 Å². The van der Waals surface area contributed by atoms with Crippen molar-refractivity contribution in [2.24, 2.45) is 0 Å². The molecule has 80 valence electrons. The number of Topliss-reactive ketones (excluding diaryl/α,β-unsaturated/α-hetero) is 1. The third-order valence-corrected chi connectivity index (χ3v) is 2.99. The van der Waals surface area contributed by atoms with E-state index >= 15 is 0 Å². The zero-order valence-electron chi connectivity index (χ0n) is 8.99. The van der Waals surface area contributed by atoms with Crippen LogP contribution in [0.4, 0.5) is 5.82 Å². The quantitative estimate of drug-likeness (QED) is 0.804. The summed E-state index contributed by atoms with van der Waals surface area (Å²) in [5.74, 6) is 1.77. The number of carbonyl (C=O) groups excluding carboxylic acids is 1. The number of hydrogen-bond acceptors (Lipinski definition) is 3. The fourth-order valence-electron chi connectivity index (χ4n) is 2.05. The van der Waals surface area contributed by atoms with Gasteiger partial charge in [-0.05, 0) is 25.0 Å². The largest absolute Gasteiger partial charge is 0.373 e. The molecule has 1 aromatic heterocycles. The fraction of sp³-hybridized carbons (Fsp3) is 0.500. The van der Waals surface area contributed by atoms with E-state index in [4.69, 9.17) is 0 Å². The van der Waals surface area contributed by atoms with Crippen molar-refractivity contribution in [3.63, 3.8) is 0 Å². The Morgan fingerprint density at radius 1 is 1.33 bits per heavy atom. The average Bonchev–Trinajstić information content (AvgIpc) is 2.30. The zero-order chi connectivity index (χ0) is 10.7. The Labute approximate surface area is 89.9 Å². The van der Waals surface area contributed by atoms with Gasteiger partial charge in [0.05, 0.1) is 0 Å². The van der Waals surface area contributed by atoms with E-state index in [1.165, 1.54) is 0 Å². The van der Waals surface area contributed by atoms with E-state index in [0.717, 1.165) is 37.2 Å². The Hall–Kier alpha value is -1.38. The lowest BCUT2D eigenvalue weighted by Gasteiger charge is -2.20. The summed E-state index contributed by atoms with van der Waals surface area (Å²) in [5, 5.41) is 3.04. The van der Waals surface area contributed by atoms with Crippen molar-refractivity contribution in [1.82, 2.24) is 4.98 Å². The minimum atomic E-state index is 0.399. The predicted molar refractivity (Wildman–Crippen MR) is 60.0 cm³/mol. The van der Waals surface area contributed by atoms with Gasteiger partial charge in [-0.15, -0.1) is 0 Å². The molecule has 3 heteroatoms. The molecule has 0 unspecified atom stereocenters. The SMILES string of the molecule is CNc1cccc(C2CCC(=O)CC2)n1. The standard InChI is InChI=1S/C12H16N2O/c1-13-12-4-2-3-11(14-12)9-5-7-10(15)8-6-9/h2-4,9H,5-8H2,1H3,(H,13,14). The van der Waals surface area contributed by atoms with Crippen molar-refractivity contribution in [2.75, 3.05) is 12.4 Å². The van der Waals surface area contributed by atoms with Crippen molar-refractivity contribution in [2.45, 2.75) is 31.6 Å². The third kappa shape index (κ3) is 2.35. The van der Waals surface area contributed by atoms with Gasteiger partial charge in [-0.1, -0.05) is 6.07 Å². The summed E-state index contributed by atoms with van der Waals surface area (Å²) in [4.78, 5) is 15.6. The number of anilines is 1. The van der Waals surface area contributed by atoms with E-state index in [1.54, 1.807) is 0 Å². The molecule has 2 rings (SSSR count). The van der Waals surface area contributed by atoms with Crippen LogP contribution in [0.15, 0.2) is 18.2 Å². The maximum atomic E-state index is 11.1. The van der Waals surface area contributed by atoms with Crippen LogP contribution in [0.5, 0.6) is 0 Å². The van der Waals surface area contributed by atoms with Gasteiger partial charge in [0.1, 0.15) is 11.6 Å². The van der Waals surface area contributed by atoms with E-state index < -0.39 is 0 Å². The maximum absolute atomic E-state index is 11.1. The molecule has 1 saturated carbocycles. The number of rotatable bonds is 2. The molecule has 0 atom stereocenters. The van der Waals surface area contributed by atoms with Gasteiger partial charge in [-0.3, -0.25) is 4.79 Å². The zero-order valence-corrected chi connectivity index (χ0v) is 8.99. The molecule has 0 radical (unpaired) electrons. The second-order valence-corrected chi connectivity index (χ2v) is 4.01. The van der Waals surface area contributed by atoms with Gasteiger partial charge in [-0.25, -0.2) is 4.98 Å². The molecule has 15 heavy (non-hydrogen) atoms.